The Balaban J connectivity index is 1.41. The minimum absolute atomic E-state index is 0.223. The van der Waals surface area contributed by atoms with Gasteiger partial charge in [0.25, 0.3) is 0 Å². The van der Waals surface area contributed by atoms with Gasteiger partial charge in [-0.05, 0) is 31.1 Å². The van der Waals surface area contributed by atoms with E-state index in [-0.39, 0.29) is 5.91 Å². The molecule has 0 bridgehead atoms. The van der Waals surface area contributed by atoms with Gasteiger partial charge in [-0.25, -0.2) is 0 Å². The number of ether oxygens (including phenoxy) is 1. The largest absolute Gasteiger partial charge is 0.380 e. The number of hydrogen-bond donors (Lipinski definition) is 0. The van der Waals surface area contributed by atoms with Crippen LogP contribution in [0.3, 0.4) is 0 Å². The van der Waals surface area contributed by atoms with Gasteiger partial charge >= 0.3 is 0 Å². The summed E-state index contributed by atoms with van der Waals surface area (Å²) >= 11 is 0. The van der Waals surface area contributed by atoms with Crippen LogP contribution in [-0.2, 0) is 9.53 Å². The summed E-state index contributed by atoms with van der Waals surface area (Å²) in [6.07, 6.45) is 3.84. The summed E-state index contributed by atoms with van der Waals surface area (Å²) in [7, 11) is 0. The molecule has 2 heterocycles. The molecule has 1 amide bonds. The minimum atomic E-state index is 0.223. The van der Waals surface area contributed by atoms with Gasteiger partial charge in [0.05, 0.1) is 6.61 Å². The Kier molecular flexibility index (Phi) is 5.94. The normalized spacial score (nSPS) is 30.6. The minimum Gasteiger partial charge on any atom is -0.380 e. The zero-order valence-corrected chi connectivity index (χ0v) is 14.9. The first-order chi connectivity index (χ1) is 11.1. The van der Waals surface area contributed by atoms with Gasteiger partial charge in [-0.3, -0.25) is 14.6 Å². The van der Waals surface area contributed by atoms with Crippen LogP contribution >= 0.6 is 0 Å². The molecule has 3 fully saturated rings. The zero-order chi connectivity index (χ0) is 16.2. The van der Waals surface area contributed by atoms with Crippen molar-refractivity contribution in [2.24, 2.45) is 11.8 Å². The molecule has 0 aromatic carbocycles. The molecule has 5 nitrogen and oxygen atoms in total. The van der Waals surface area contributed by atoms with Crippen molar-refractivity contribution < 1.29 is 9.53 Å². The molecule has 23 heavy (non-hydrogen) atoms. The fourth-order valence-electron chi connectivity index (χ4n) is 4.02. The standard InChI is InChI=1S/C18H33N3O2/c1-15-12-19(10-11-23-14-17-4-5-17)13-18(15)21-7-3-6-20(8-9-21)16(2)22/h15,17-18H,3-14H2,1-2H3. The average molecular weight is 323 g/mol. The quantitative estimate of drug-likeness (QED) is 0.690. The van der Waals surface area contributed by atoms with Gasteiger partial charge in [0.2, 0.25) is 5.91 Å². The van der Waals surface area contributed by atoms with E-state index in [1.807, 2.05) is 4.90 Å². The van der Waals surface area contributed by atoms with Gasteiger partial charge in [0.15, 0.2) is 0 Å². The molecule has 132 valence electrons. The van der Waals surface area contributed by atoms with Crippen LogP contribution in [0, 0.1) is 11.8 Å². The maximum atomic E-state index is 11.6. The van der Waals surface area contributed by atoms with E-state index in [2.05, 4.69) is 16.7 Å². The highest BCUT2D eigenvalue weighted by molar-refractivity contribution is 5.73. The molecule has 5 heteroatoms. The van der Waals surface area contributed by atoms with Crippen LogP contribution in [0.1, 0.15) is 33.1 Å². The number of nitrogens with zero attached hydrogens (tertiary/aromatic N) is 3. The summed E-state index contributed by atoms with van der Waals surface area (Å²) in [5.41, 5.74) is 0. The van der Waals surface area contributed by atoms with Crippen molar-refractivity contribution in [1.29, 1.82) is 0 Å². The lowest BCUT2D eigenvalue weighted by Crippen LogP contribution is -2.43. The zero-order valence-electron chi connectivity index (χ0n) is 14.9. The van der Waals surface area contributed by atoms with Crippen molar-refractivity contribution in [3.05, 3.63) is 0 Å². The Morgan fingerprint density at radius 1 is 1.13 bits per heavy atom. The van der Waals surface area contributed by atoms with Crippen molar-refractivity contribution in [2.75, 3.05) is 59.0 Å². The van der Waals surface area contributed by atoms with Crippen LogP contribution in [0.25, 0.3) is 0 Å². The Labute approximate surface area is 140 Å². The molecule has 2 unspecified atom stereocenters. The van der Waals surface area contributed by atoms with Crippen molar-refractivity contribution in [1.82, 2.24) is 14.7 Å². The number of carbonyl (C=O) groups is 1. The molecule has 1 aliphatic carbocycles. The molecule has 0 spiro atoms. The van der Waals surface area contributed by atoms with Crippen LogP contribution in [-0.4, -0.2) is 85.7 Å². The van der Waals surface area contributed by atoms with E-state index < -0.39 is 0 Å². The summed E-state index contributed by atoms with van der Waals surface area (Å²) in [6.45, 7) is 13.3. The van der Waals surface area contributed by atoms with Gasteiger partial charge in [0.1, 0.15) is 0 Å². The second-order valence-electron chi connectivity index (χ2n) is 7.72. The first-order valence-corrected chi connectivity index (χ1v) is 9.43. The topological polar surface area (TPSA) is 36.0 Å². The Morgan fingerprint density at radius 3 is 2.70 bits per heavy atom. The van der Waals surface area contributed by atoms with E-state index in [0.717, 1.165) is 64.8 Å². The highest BCUT2D eigenvalue weighted by atomic mass is 16.5. The average Bonchev–Trinajstić information content (AvgIpc) is 3.30. The predicted octanol–water partition coefficient (Wildman–Crippen LogP) is 1.29. The van der Waals surface area contributed by atoms with E-state index in [0.29, 0.717) is 12.0 Å². The molecule has 0 N–H and O–H groups in total. The summed E-state index contributed by atoms with van der Waals surface area (Å²) in [6, 6.07) is 0.644. The SMILES string of the molecule is CC(=O)N1CCCN(C2CN(CCOCC3CC3)CC2C)CC1. The number of amides is 1. The van der Waals surface area contributed by atoms with Gasteiger partial charge in [-0.1, -0.05) is 6.92 Å². The molecular formula is C18H33N3O2. The highest BCUT2D eigenvalue weighted by Crippen LogP contribution is 2.29. The summed E-state index contributed by atoms with van der Waals surface area (Å²) < 4.78 is 5.80. The van der Waals surface area contributed by atoms with Gasteiger partial charge in [-0.2, -0.15) is 0 Å². The first kappa shape index (κ1) is 17.2. The van der Waals surface area contributed by atoms with Gasteiger partial charge in [-0.15, -0.1) is 0 Å². The number of rotatable bonds is 6. The van der Waals surface area contributed by atoms with Crippen LogP contribution in [0.2, 0.25) is 0 Å². The third kappa shape index (κ3) is 4.91. The van der Waals surface area contributed by atoms with Crippen LogP contribution in [0.4, 0.5) is 0 Å². The summed E-state index contributed by atoms with van der Waals surface area (Å²) in [4.78, 5) is 18.8. The third-order valence-corrected chi connectivity index (χ3v) is 5.70. The lowest BCUT2D eigenvalue weighted by atomic mass is 10.0. The second-order valence-corrected chi connectivity index (χ2v) is 7.72. The molecular weight excluding hydrogens is 290 g/mol. The molecule has 2 aliphatic heterocycles. The molecule has 1 saturated carbocycles. The fourth-order valence-corrected chi connectivity index (χ4v) is 4.02. The van der Waals surface area contributed by atoms with Crippen molar-refractivity contribution in [2.45, 2.75) is 39.2 Å². The summed E-state index contributed by atoms with van der Waals surface area (Å²) in [5.74, 6) is 1.80. The van der Waals surface area contributed by atoms with E-state index in [1.165, 1.54) is 19.4 Å². The molecule has 2 atom stereocenters. The second kappa shape index (κ2) is 7.95. The predicted molar refractivity (Wildman–Crippen MR) is 91.4 cm³/mol. The highest BCUT2D eigenvalue weighted by Gasteiger charge is 2.34. The lowest BCUT2D eigenvalue weighted by molar-refractivity contribution is -0.128. The molecule has 3 aliphatic rings. The molecule has 0 radical (unpaired) electrons. The van der Waals surface area contributed by atoms with Crippen molar-refractivity contribution >= 4 is 5.91 Å². The molecule has 2 saturated heterocycles. The summed E-state index contributed by atoms with van der Waals surface area (Å²) in [5, 5.41) is 0. The third-order valence-electron chi connectivity index (χ3n) is 5.70. The first-order valence-electron chi connectivity index (χ1n) is 9.43. The smallest absolute Gasteiger partial charge is 0.219 e. The van der Waals surface area contributed by atoms with E-state index in [9.17, 15) is 4.79 Å². The Bertz CT molecular complexity index is 400. The Hall–Kier alpha value is -0.650. The van der Waals surface area contributed by atoms with Crippen LogP contribution in [0.5, 0.6) is 0 Å². The molecule has 0 aromatic rings. The van der Waals surface area contributed by atoms with Crippen LogP contribution in [0.15, 0.2) is 0 Å². The number of hydrogen-bond acceptors (Lipinski definition) is 4. The van der Waals surface area contributed by atoms with Gasteiger partial charge < -0.3 is 9.64 Å². The maximum Gasteiger partial charge on any atom is 0.219 e. The molecule has 0 aromatic heterocycles. The number of carbonyl (C=O) groups excluding carboxylic acids is 1. The van der Waals surface area contributed by atoms with Gasteiger partial charge in [0, 0.05) is 65.4 Å². The maximum absolute atomic E-state index is 11.6. The number of likely N-dealkylation sites (tertiary alicyclic amines) is 1. The van der Waals surface area contributed by atoms with Crippen molar-refractivity contribution in [3.63, 3.8) is 0 Å². The van der Waals surface area contributed by atoms with Crippen LogP contribution < -0.4 is 0 Å². The van der Waals surface area contributed by atoms with Crippen molar-refractivity contribution in [3.8, 4) is 0 Å². The monoisotopic (exact) mass is 323 g/mol. The molecule has 3 rings (SSSR count). The lowest BCUT2D eigenvalue weighted by Gasteiger charge is -2.30. The van der Waals surface area contributed by atoms with E-state index >= 15 is 0 Å². The van der Waals surface area contributed by atoms with E-state index in [1.54, 1.807) is 6.92 Å². The van der Waals surface area contributed by atoms with E-state index in [4.69, 9.17) is 4.74 Å². The fraction of sp³-hybridized carbons (Fsp3) is 0.944. The Morgan fingerprint density at radius 2 is 1.96 bits per heavy atom.